The molecule has 0 spiro atoms. The quantitative estimate of drug-likeness (QED) is 0.736. The second-order valence-electron chi connectivity index (χ2n) is 4.92. The lowest BCUT2D eigenvalue weighted by molar-refractivity contribution is 0.0305. The van der Waals surface area contributed by atoms with Crippen LogP contribution in [-0.4, -0.2) is 74.0 Å². The van der Waals surface area contributed by atoms with Crippen LogP contribution in [-0.2, 0) is 4.74 Å². The van der Waals surface area contributed by atoms with E-state index in [4.69, 9.17) is 9.84 Å². The summed E-state index contributed by atoms with van der Waals surface area (Å²) >= 11 is 0. The van der Waals surface area contributed by atoms with E-state index in [0.29, 0.717) is 12.5 Å². The molecule has 2 fully saturated rings. The van der Waals surface area contributed by atoms with E-state index in [-0.39, 0.29) is 0 Å². The van der Waals surface area contributed by atoms with Gasteiger partial charge in [0.15, 0.2) is 0 Å². The van der Waals surface area contributed by atoms with Crippen LogP contribution in [0.3, 0.4) is 0 Å². The van der Waals surface area contributed by atoms with Gasteiger partial charge in [0.25, 0.3) is 0 Å². The number of likely N-dealkylation sites (tertiary alicyclic amines) is 1. The zero-order valence-corrected chi connectivity index (χ0v) is 10.1. The lowest BCUT2D eigenvalue weighted by Gasteiger charge is -2.33. The van der Waals surface area contributed by atoms with E-state index in [1.54, 1.807) is 0 Å². The van der Waals surface area contributed by atoms with Gasteiger partial charge in [-0.2, -0.15) is 0 Å². The lowest BCUT2D eigenvalue weighted by atomic mass is 9.98. The van der Waals surface area contributed by atoms with E-state index in [1.807, 2.05) is 0 Å². The molecule has 2 aliphatic rings. The van der Waals surface area contributed by atoms with Crippen LogP contribution in [0.1, 0.15) is 12.8 Å². The van der Waals surface area contributed by atoms with Crippen LogP contribution >= 0.6 is 0 Å². The number of hydrogen-bond acceptors (Lipinski definition) is 4. The zero-order chi connectivity index (χ0) is 11.2. The van der Waals surface area contributed by atoms with Gasteiger partial charge in [0.1, 0.15) is 0 Å². The van der Waals surface area contributed by atoms with Gasteiger partial charge in [0, 0.05) is 32.8 Å². The van der Waals surface area contributed by atoms with Gasteiger partial charge in [-0.05, 0) is 31.8 Å². The van der Waals surface area contributed by atoms with Crippen LogP contribution < -0.4 is 0 Å². The number of ether oxygens (including phenoxy) is 1. The second-order valence-corrected chi connectivity index (χ2v) is 4.92. The molecule has 16 heavy (non-hydrogen) atoms. The van der Waals surface area contributed by atoms with Crippen molar-refractivity contribution in [3.05, 3.63) is 0 Å². The smallest absolute Gasteiger partial charge is 0.0594 e. The van der Waals surface area contributed by atoms with E-state index in [9.17, 15) is 0 Å². The van der Waals surface area contributed by atoms with E-state index >= 15 is 0 Å². The van der Waals surface area contributed by atoms with Crippen molar-refractivity contribution in [1.29, 1.82) is 0 Å². The molecule has 0 aromatic heterocycles. The third-order valence-corrected chi connectivity index (χ3v) is 3.80. The summed E-state index contributed by atoms with van der Waals surface area (Å²) in [5, 5.41) is 9.07. The number of piperidine rings is 1. The standard InChI is InChI=1S/C12H24N2O2/c15-11-12-1-3-13(4-2-12)5-6-14-7-9-16-10-8-14/h12,15H,1-11H2. The normalized spacial score (nSPS) is 26.1. The Kier molecular flexibility index (Phi) is 5.03. The number of rotatable bonds is 4. The topological polar surface area (TPSA) is 35.9 Å². The fourth-order valence-corrected chi connectivity index (χ4v) is 2.50. The van der Waals surface area contributed by atoms with Gasteiger partial charge in [0.05, 0.1) is 13.2 Å². The molecule has 2 heterocycles. The minimum absolute atomic E-state index is 0.372. The first-order valence-electron chi connectivity index (χ1n) is 6.52. The molecule has 1 N–H and O–H groups in total. The maximum atomic E-state index is 9.07. The van der Waals surface area contributed by atoms with Gasteiger partial charge < -0.3 is 14.7 Å². The highest BCUT2D eigenvalue weighted by molar-refractivity contribution is 4.73. The fourth-order valence-electron chi connectivity index (χ4n) is 2.50. The van der Waals surface area contributed by atoms with Crippen LogP contribution in [0.5, 0.6) is 0 Å². The molecule has 0 aliphatic carbocycles. The van der Waals surface area contributed by atoms with Crippen molar-refractivity contribution in [2.24, 2.45) is 5.92 Å². The Morgan fingerprint density at radius 2 is 1.50 bits per heavy atom. The molecular formula is C12H24N2O2. The SMILES string of the molecule is OCC1CCN(CCN2CCOCC2)CC1. The Morgan fingerprint density at radius 1 is 0.938 bits per heavy atom. The average Bonchev–Trinajstić information content (AvgIpc) is 2.38. The molecule has 0 bridgehead atoms. The summed E-state index contributed by atoms with van der Waals surface area (Å²) in [5.41, 5.74) is 0. The van der Waals surface area contributed by atoms with Crippen molar-refractivity contribution in [3.63, 3.8) is 0 Å². The molecule has 0 atom stereocenters. The fraction of sp³-hybridized carbons (Fsp3) is 1.00. The summed E-state index contributed by atoms with van der Waals surface area (Å²) in [6.45, 7) is 9.02. The van der Waals surface area contributed by atoms with Crippen LogP contribution in [0, 0.1) is 5.92 Å². The zero-order valence-electron chi connectivity index (χ0n) is 10.1. The molecule has 94 valence electrons. The van der Waals surface area contributed by atoms with Crippen LogP contribution in [0.2, 0.25) is 0 Å². The van der Waals surface area contributed by atoms with Gasteiger partial charge in [-0.25, -0.2) is 0 Å². The predicted molar refractivity (Wildman–Crippen MR) is 63.5 cm³/mol. The molecule has 0 saturated carbocycles. The second kappa shape index (κ2) is 6.55. The third kappa shape index (κ3) is 3.70. The van der Waals surface area contributed by atoms with Gasteiger partial charge in [-0.1, -0.05) is 0 Å². The molecule has 0 aromatic carbocycles. The predicted octanol–water partition coefficient (Wildman–Crippen LogP) is 0.0229. The van der Waals surface area contributed by atoms with Gasteiger partial charge >= 0.3 is 0 Å². The summed E-state index contributed by atoms with van der Waals surface area (Å²) in [6, 6.07) is 0. The average molecular weight is 228 g/mol. The monoisotopic (exact) mass is 228 g/mol. The largest absolute Gasteiger partial charge is 0.396 e. The summed E-state index contributed by atoms with van der Waals surface area (Å²) in [5.74, 6) is 0.555. The minimum atomic E-state index is 0.372. The Bertz CT molecular complexity index is 187. The van der Waals surface area contributed by atoms with E-state index in [1.165, 1.54) is 25.9 Å². The molecule has 2 aliphatic heterocycles. The summed E-state index contributed by atoms with van der Waals surface area (Å²) < 4.78 is 5.34. The third-order valence-electron chi connectivity index (χ3n) is 3.80. The summed E-state index contributed by atoms with van der Waals surface area (Å²) in [4.78, 5) is 5.02. The maximum absolute atomic E-state index is 9.07. The molecular weight excluding hydrogens is 204 g/mol. The Labute approximate surface area is 98.2 Å². The van der Waals surface area contributed by atoms with Crippen molar-refractivity contribution in [2.45, 2.75) is 12.8 Å². The lowest BCUT2D eigenvalue weighted by Crippen LogP contribution is -2.43. The summed E-state index contributed by atoms with van der Waals surface area (Å²) in [7, 11) is 0. The van der Waals surface area contributed by atoms with Crippen LogP contribution in [0.4, 0.5) is 0 Å². The van der Waals surface area contributed by atoms with E-state index in [0.717, 1.165) is 39.4 Å². The molecule has 4 nitrogen and oxygen atoms in total. The maximum Gasteiger partial charge on any atom is 0.0594 e. The number of morpholine rings is 1. The van der Waals surface area contributed by atoms with Crippen LogP contribution in [0.25, 0.3) is 0 Å². The molecule has 4 heteroatoms. The first-order valence-corrected chi connectivity index (χ1v) is 6.52. The first kappa shape index (κ1) is 12.3. The van der Waals surface area contributed by atoms with E-state index < -0.39 is 0 Å². The van der Waals surface area contributed by atoms with Gasteiger partial charge in [0.2, 0.25) is 0 Å². The van der Waals surface area contributed by atoms with Crippen molar-refractivity contribution < 1.29 is 9.84 Å². The van der Waals surface area contributed by atoms with Crippen molar-refractivity contribution >= 4 is 0 Å². The minimum Gasteiger partial charge on any atom is -0.396 e. The van der Waals surface area contributed by atoms with Gasteiger partial charge in [-0.15, -0.1) is 0 Å². The van der Waals surface area contributed by atoms with Crippen molar-refractivity contribution in [2.75, 3.05) is 59.1 Å². The Hall–Kier alpha value is -0.160. The van der Waals surface area contributed by atoms with E-state index in [2.05, 4.69) is 9.80 Å². The molecule has 0 amide bonds. The Balaban J connectivity index is 1.59. The van der Waals surface area contributed by atoms with Gasteiger partial charge in [-0.3, -0.25) is 4.90 Å². The molecule has 2 saturated heterocycles. The highest BCUT2D eigenvalue weighted by Gasteiger charge is 2.19. The highest BCUT2D eigenvalue weighted by atomic mass is 16.5. The molecule has 2 rings (SSSR count). The van der Waals surface area contributed by atoms with Crippen molar-refractivity contribution in [3.8, 4) is 0 Å². The molecule has 0 aromatic rings. The van der Waals surface area contributed by atoms with Crippen molar-refractivity contribution in [1.82, 2.24) is 9.80 Å². The first-order chi connectivity index (χ1) is 7.88. The number of aliphatic hydroxyl groups excluding tert-OH is 1. The number of aliphatic hydroxyl groups is 1. The summed E-state index contributed by atoms with van der Waals surface area (Å²) in [6.07, 6.45) is 2.33. The van der Waals surface area contributed by atoms with Crippen LogP contribution in [0.15, 0.2) is 0 Å². The Morgan fingerprint density at radius 3 is 2.06 bits per heavy atom. The molecule has 0 unspecified atom stereocenters. The number of hydrogen-bond donors (Lipinski definition) is 1. The number of nitrogens with zero attached hydrogens (tertiary/aromatic N) is 2. The highest BCUT2D eigenvalue weighted by Crippen LogP contribution is 2.15. The molecule has 0 radical (unpaired) electrons.